The summed E-state index contributed by atoms with van der Waals surface area (Å²) in [4.78, 5) is 6.86. The van der Waals surface area contributed by atoms with Gasteiger partial charge in [0.15, 0.2) is 0 Å². The second kappa shape index (κ2) is 7.44. The number of nitrogens with zero attached hydrogens (tertiary/aromatic N) is 2. The van der Waals surface area contributed by atoms with Gasteiger partial charge in [-0.2, -0.15) is 0 Å². The molecule has 3 aliphatic rings. The van der Waals surface area contributed by atoms with Crippen LogP contribution >= 0.6 is 17.0 Å². The van der Waals surface area contributed by atoms with E-state index in [1.807, 2.05) is 24.3 Å². The summed E-state index contributed by atoms with van der Waals surface area (Å²) in [7, 11) is 1.66. The van der Waals surface area contributed by atoms with E-state index < -0.39 is 6.10 Å². The number of aromatic nitrogens is 1. The number of methoxy groups -OCH3 is 1. The zero-order valence-electron chi connectivity index (χ0n) is 14.5. The molecule has 1 aromatic carbocycles. The number of ether oxygens (including phenoxy) is 1. The molecule has 2 bridgehead atoms. The minimum atomic E-state index is -0.504. The van der Waals surface area contributed by atoms with Gasteiger partial charge in [-0.15, -0.1) is 23.6 Å². The molecule has 3 fully saturated rings. The van der Waals surface area contributed by atoms with Crippen LogP contribution in [-0.4, -0.2) is 41.2 Å². The van der Waals surface area contributed by atoms with Crippen LogP contribution in [0.5, 0.6) is 5.75 Å². The number of benzene rings is 1. The Morgan fingerprint density at radius 1 is 1.40 bits per heavy atom. The highest BCUT2D eigenvalue weighted by Gasteiger charge is 2.42. The van der Waals surface area contributed by atoms with Gasteiger partial charge in [-0.1, -0.05) is 6.08 Å². The molecular formula is C20H25BrN2O2. The number of pyridine rings is 1. The van der Waals surface area contributed by atoms with Gasteiger partial charge in [-0.25, -0.2) is 0 Å². The number of aliphatic hydroxyl groups excluding tert-OH is 1. The highest BCUT2D eigenvalue weighted by atomic mass is 79.9. The Labute approximate surface area is 159 Å². The molecule has 1 aromatic heterocycles. The number of hydrogen-bond acceptors (Lipinski definition) is 4. The third-order valence-corrected chi connectivity index (χ3v) is 5.82. The summed E-state index contributed by atoms with van der Waals surface area (Å²) in [5.74, 6) is 2.01. The SMILES string of the molecule is Br.C=C[C@H]1CN2CC[C@@H]1C[C@@H]2[C@@H](O)c1ccnc2ccc(OC)cc12. The monoisotopic (exact) mass is 404 g/mol. The van der Waals surface area contributed by atoms with Crippen LogP contribution in [0.25, 0.3) is 10.9 Å². The molecule has 1 N–H and O–H groups in total. The summed E-state index contributed by atoms with van der Waals surface area (Å²) in [5.41, 5.74) is 1.85. The molecule has 4 nitrogen and oxygen atoms in total. The van der Waals surface area contributed by atoms with Crippen molar-refractivity contribution in [2.24, 2.45) is 11.8 Å². The molecule has 134 valence electrons. The lowest BCUT2D eigenvalue weighted by Crippen LogP contribution is -2.54. The second-order valence-corrected chi connectivity index (χ2v) is 6.97. The van der Waals surface area contributed by atoms with Gasteiger partial charge in [0.1, 0.15) is 5.75 Å². The average molecular weight is 405 g/mol. The number of hydrogen-bond donors (Lipinski definition) is 1. The Morgan fingerprint density at radius 2 is 2.24 bits per heavy atom. The summed E-state index contributed by atoms with van der Waals surface area (Å²) >= 11 is 0. The lowest BCUT2D eigenvalue weighted by atomic mass is 9.73. The largest absolute Gasteiger partial charge is 0.497 e. The van der Waals surface area contributed by atoms with Crippen LogP contribution in [0.2, 0.25) is 0 Å². The van der Waals surface area contributed by atoms with E-state index in [0.717, 1.165) is 41.7 Å². The fraction of sp³-hybridized carbons (Fsp3) is 0.450. The molecule has 5 atom stereocenters. The van der Waals surface area contributed by atoms with E-state index >= 15 is 0 Å². The number of halogens is 1. The van der Waals surface area contributed by atoms with E-state index in [2.05, 4.69) is 22.5 Å². The first-order valence-electron chi connectivity index (χ1n) is 8.68. The summed E-state index contributed by atoms with van der Waals surface area (Å²) < 4.78 is 5.35. The molecule has 0 saturated carbocycles. The predicted octanol–water partition coefficient (Wildman–Crippen LogP) is 3.75. The topological polar surface area (TPSA) is 45.6 Å². The van der Waals surface area contributed by atoms with Gasteiger partial charge in [0, 0.05) is 24.2 Å². The standard InChI is InChI=1S/C20H24N2O2.BrH/c1-3-13-12-22-9-7-14(13)10-19(22)20(23)16-6-8-21-18-5-4-15(24-2)11-17(16)18;/h3-6,8,11,13-14,19-20,23H,1,7,9-10,12H2,2H3;1H/t13-,14+,19+,20-;/m0./s1. The zero-order chi connectivity index (χ0) is 16.7. The molecule has 4 heterocycles. The smallest absolute Gasteiger partial charge is 0.119 e. The molecule has 3 saturated heterocycles. The van der Waals surface area contributed by atoms with Crippen molar-refractivity contribution < 1.29 is 9.84 Å². The molecule has 0 aliphatic carbocycles. The van der Waals surface area contributed by atoms with Gasteiger partial charge < -0.3 is 9.84 Å². The second-order valence-electron chi connectivity index (χ2n) is 6.97. The van der Waals surface area contributed by atoms with Crippen LogP contribution in [0.4, 0.5) is 0 Å². The Kier molecular flexibility index (Phi) is 5.46. The van der Waals surface area contributed by atoms with Crippen molar-refractivity contribution in [2.45, 2.75) is 25.0 Å². The predicted molar refractivity (Wildman–Crippen MR) is 105 cm³/mol. The van der Waals surface area contributed by atoms with Crippen molar-refractivity contribution in [2.75, 3.05) is 20.2 Å². The van der Waals surface area contributed by atoms with Crippen LogP contribution in [-0.2, 0) is 0 Å². The summed E-state index contributed by atoms with van der Waals surface area (Å²) in [5, 5.41) is 12.1. The maximum Gasteiger partial charge on any atom is 0.119 e. The fourth-order valence-electron chi connectivity index (χ4n) is 4.44. The highest BCUT2D eigenvalue weighted by molar-refractivity contribution is 8.93. The van der Waals surface area contributed by atoms with Crippen LogP contribution in [0.1, 0.15) is 24.5 Å². The van der Waals surface area contributed by atoms with Crippen molar-refractivity contribution in [1.29, 1.82) is 0 Å². The van der Waals surface area contributed by atoms with E-state index in [9.17, 15) is 5.11 Å². The van der Waals surface area contributed by atoms with Crippen LogP contribution in [0.15, 0.2) is 43.1 Å². The minimum Gasteiger partial charge on any atom is -0.497 e. The first-order chi connectivity index (χ1) is 11.7. The van der Waals surface area contributed by atoms with Crippen molar-refractivity contribution in [3.8, 4) is 5.75 Å². The third-order valence-electron chi connectivity index (χ3n) is 5.82. The van der Waals surface area contributed by atoms with E-state index in [1.165, 1.54) is 6.42 Å². The van der Waals surface area contributed by atoms with Crippen LogP contribution < -0.4 is 4.74 Å². The summed E-state index contributed by atoms with van der Waals surface area (Å²) in [6, 6.07) is 7.96. The fourth-order valence-corrected chi connectivity index (χ4v) is 4.44. The van der Waals surface area contributed by atoms with Crippen molar-refractivity contribution in [1.82, 2.24) is 9.88 Å². The van der Waals surface area contributed by atoms with E-state index in [4.69, 9.17) is 4.74 Å². The summed E-state index contributed by atoms with van der Waals surface area (Å²) in [6.07, 6.45) is 5.62. The number of rotatable bonds is 4. The Morgan fingerprint density at radius 3 is 2.92 bits per heavy atom. The van der Waals surface area contributed by atoms with Gasteiger partial charge in [0.2, 0.25) is 0 Å². The molecule has 2 aromatic rings. The normalized spacial score (nSPS) is 29.0. The average Bonchev–Trinajstić information content (AvgIpc) is 2.66. The van der Waals surface area contributed by atoms with E-state index in [-0.39, 0.29) is 23.0 Å². The number of aliphatic hydroxyl groups is 1. The third kappa shape index (κ3) is 3.21. The van der Waals surface area contributed by atoms with E-state index in [0.29, 0.717) is 11.8 Å². The molecule has 0 spiro atoms. The molecule has 0 radical (unpaired) electrons. The van der Waals surface area contributed by atoms with Gasteiger partial charge >= 0.3 is 0 Å². The maximum absolute atomic E-state index is 11.2. The molecule has 3 aliphatic heterocycles. The van der Waals surface area contributed by atoms with E-state index in [1.54, 1.807) is 13.3 Å². The summed E-state index contributed by atoms with van der Waals surface area (Å²) in [6.45, 7) is 6.07. The van der Waals surface area contributed by atoms with Gasteiger partial charge in [-0.3, -0.25) is 9.88 Å². The molecule has 0 amide bonds. The Bertz CT molecular complexity index is 766. The van der Waals surface area contributed by atoms with Crippen molar-refractivity contribution in [3.63, 3.8) is 0 Å². The lowest BCUT2D eigenvalue weighted by molar-refractivity contribution is -0.0444. The Balaban J connectivity index is 0.00000182. The lowest BCUT2D eigenvalue weighted by Gasteiger charge is -2.50. The quantitative estimate of drug-likeness (QED) is 0.788. The first kappa shape index (κ1) is 18.4. The minimum absolute atomic E-state index is 0. The van der Waals surface area contributed by atoms with Crippen LogP contribution in [0, 0.1) is 11.8 Å². The number of fused-ring (bicyclic) bond motifs is 4. The van der Waals surface area contributed by atoms with Crippen molar-refractivity contribution in [3.05, 3.63) is 48.7 Å². The van der Waals surface area contributed by atoms with Gasteiger partial charge in [-0.05, 0) is 61.1 Å². The molecular weight excluding hydrogens is 380 g/mol. The first-order valence-corrected chi connectivity index (χ1v) is 8.68. The van der Waals surface area contributed by atoms with Gasteiger partial charge in [0.05, 0.1) is 18.7 Å². The highest BCUT2D eigenvalue weighted by Crippen LogP contribution is 2.42. The molecule has 1 unspecified atom stereocenters. The Hall–Kier alpha value is -1.43. The zero-order valence-corrected chi connectivity index (χ0v) is 16.2. The maximum atomic E-state index is 11.2. The molecule has 5 heteroatoms. The molecule has 25 heavy (non-hydrogen) atoms. The molecule has 5 rings (SSSR count). The van der Waals surface area contributed by atoms with Crippen molar-refractivity contribution >= 4 is 27.9 Å². The van der Waals surface area contributed by atoms with Crippen LogP contribution in [0.3, 0.4) is 0 Å². The number of piperidine rings is 3. The van der Waals surface area contributed by atoms with Gasteiger partial charge in [0.25, 0.3) is 0 Å².